The topological polar surface area (TPSA) is 69.8 Å². The van der Waals surface area contributed by atoms with E-state index in [2.05, 4.69) is 20.8 Å². The molecule has 0 atom stereocenters. The number of hydrogen-bond acceptors (Lipinski definition) is 3. The number of aryl methyl sites for hydroxylation is 2. The smallest absolute Gasteiger partial charge is 0.256 e. The molecule has 1 aliphatic rings. The zero-order valence-electron chi connectivity index (χ0n) is 10.8. The van der Waals surface area contributed by atoms with Crippen LogP contribution in [0.5, 0.6) is 0 Å². The lowest BCUT2D eigenvalue weighted by molar-refractivity contribution is 0.102. The lowest BCUT2D eigenvalue weighted by atomic mass is 10.0. The monoisotopic (exact) mass is 256 g/mol. The van der Waals surface area contributed by atoms with E-state index in [1.54, 1.807) is 6.07 Å². The van der Waals surface area contributed by atoms with Gasteiger partial charge in [-0.25, -0.2) is 0 Å². The van der Waals surface area contributed by atoms with Gasteiger partial charge in [0.1, 0.15) is 0 Å². The number of fused-ring (bicyclic) bond motifs is 1. The second kappa shape index (κ2) is 4.76. The van der Waals surface area contributed by atoms with Crippen LogP contribution in [0.3, 0.4) is 0 Å². The molecule has 19 heavy (non-hydrogen) atoms. The lowest BCUT2D eigenvalue weighted by Crippen LogP contribution is -2.15. The molecule has 1 amide bonds. The molecule has 0 saturated carbocycles. The number of carbonyl (C=O) groups excluding carboxylic acids is 1. The fourth-order valence-electron chi connectivity index (χ4n) is 2.29. The Morgan fingerprint density at radius 2 is 2.26 bits per heavy atom. The molecule has 1 aromatic carbocycles. The van der Waals surface area contributed by atoms with E-state index >= 15 is 0 Å². The summed E-state index contributed by atoms with van der Waals surface area (Å²) in [6, 6.07) is 7.57. The summed E-state index contributed by atoms with van der Waals surface area (Å²) in [4.78, 5) is 12.1. The number of anilines is 2. The van der Waals surface area contributed by atoms with Crippen molar-refractivity contribution in [1.82, 2.24) is 10.2 Å². The molecule has 3 rings (SSSR count). The van der Waals surface area contributed by atoms with Crippen LogP contribution in [0.2, 0.25) is 0 Å². The highest BCUT2D eigenvalue weighted by Crippen LogP contribution is 2.23. The first-order valence-corrected chi connectivity index (χ1v) is 6.42. The van der Waals surface area contributed by atoms with Gasteiger partial charge in [-0.2, -0.15) is 5.10 Å². The normalized spacial score (nSPS) is 13.5. The summed E-state index contributed by atoms with van der Waals surface area (Å²) in [5, 5.41) is 12.9. The number of H-pyrrole nitrogens is 1. The highest BCUT2D eigenvalue weighted by Gasteiger charge is 2.13. The van der Waals surface area contributed by atoms with Crippen molar-refractivity contribution in [3.63, 3.8) is 0 Å². The number of aromatic amines is 1. The minimum absolute atomic E-state index is 0.125. The summed E-state index contributed by atoms with van der Waals surface area (Å²) in [5.41, 5.74) is 3.93. The van der Waals surface area contributed by atoms with Gasteiger partial charge in [-0.15, -0.1) is 0 Å². The van der Waals surface area contributed by atoms with E-state index in [0.29, 0.717) is 11.4 Å². The highest BCUT2D eigenvalue weighted by molar-refractivity contribution is 6.04. The molecule has 1 aromatic heterocycles. The van der Waals surface area contributed by atoms with Crippen LogP contribution >= 0.6 is 0 Å². The minimum Gasteiger partial charge on any atom is -0.385 e. The average molecular weight is 256 g/mol. The summed E-state index contributed by atoms with van der Waals surface area (Å²) < 4.78 is 0. The van der Waals surface area contributed by atoms with Crippen molar-refractivity contribution in [1.29, 1.82) is 0 Å². The molecule has 2 aromatic rings. The SMILES string of the molecule is Cc1cc(NC(=O)c2ccc3c(c2)CCCN3)n[nH]1. The van der Waals surface area contributed by atoms with Gasteiger partial charge < -0.3 is 10.6 Å². The second-order valence-electron chi connectivity index (χ2n) is 4.79. The van der Waals surface area contributed by atoms with Crippen molar-refractivity contribution >= 4 is 17.4 Å². The quantitative estimate of drug-likeness (QED) is 0.772. The fourth-order valence-corrected chi connectivity index (χ4v) is 2.29. The largest absolute Gasteiger partial charge is 0.385 e. The summed E-state index contributed by atoms with van der Waals surface area (Å²) >= 11 is 0. The molecule has 3 N–H and O–H groups in total. The molecular formula is C14H16N4O. The Bertz CT molecular complexity index is 618. The summed E-state index contributed by atoms with van der Waals surface area (Å²) in [7, 11) is 0. The van der Waals surface area contributed by atoms with Crippen molar-refractivity contribution < 1.29 is 4.79 Å². The first-order chi connectivity index (χ1) is 9.22. The zero-order valence-corrected chi connectivity index (χ0v) is 10.8. The Balaban J connectivity index is 1.80. The Hall–Kier alpha value is -2.30. The number of benzene rings is 1. The maximum Gasteiger partial charge on any atom is 0.256 e. The molecule has 0 saturated heterocycles. The van der Waals surface area contributed by atoms with Gasteiger partial charge in [0.05, 0.1) is 0 Å². The van der Waals surface area contributed by atoms with Crippen LogP contribution in [0.1, 0.15) is 28.0 Å². The standard InChI is InChI=1S/C14H16N4O/c1-9-7-13(18-17-9)16-14(19)11-4-5-12-10(8-11)3-2-6-15-12/h4-5,7-8,15H,2-3,6H2,1H3,(H2,16,17,18,19). The van der Waals surface area contributed by atoms with Gasteiger partial charge in [-0.05, 0) is 43.5 Å². The zero-order chi connectivity index (χ0) is 13.2. The average Bonchev–Trinajstić information content (AvgIpc) is 2.83. The minimum atomic E-state index is -0.125. The van der Waals surface area contributed by atoms with Crippen LogP contribution in [-0.2, 0) is 6.42 Å². The van der Waals surface area contributed by atoms with E-state index in [1.807, 2.05) is 25.1 Å². The maximum atomic E-state index is 12.1. The third kappa shape index (κ3) is 2.45. The number of amides is 1. The molecule has 2 heterocycles. The van der Waals surface area contributed by atoms with Crippen molar-refractivity contribution in [3.05, 3.63) is 41.1 Å². The molecule has 5 nitrogen and oxygen atoms in total. The van der Waals surface area contributed by atoms with Crippen molar-refractivity contribution in [2.45, 2.75) is 19.8 Å². The third-order valence-electron chi connectivity index (χ3n) is 3.25. The van der Waals surface area contributed by atoms with E-state index in [4.69, 9.17) is 0 Å². The van der Waals surface area contributed by atoms with Crippen LogP contribution in [0.15, 0.2) is 24.3 Å². The van der Waals surface area contributed by atoms with Crippen molar-refractivity contribution in [2.24, 2.45) is 0 Å². The number of hydrogen-bond donors (Lipinski definition) is 3. The Morgan fingerprint density at radius 3 is 3.05 bits per heavy atom. The molecule has 5 heteroatoms. The van der Waals surface area contributed by atoms with Crippen LogP contribution in [-0.4, -0.2) is 22.6 Å². The van der Waals surface area contributed by atoms with Crippen molar-refractivity contribution in [2.75, 3.05) is 17.2 Å². The molecule has 0 aliphatic carbocycles. The first-order valence-electron chi connectivity index (χ1n) is 6.42. The molecule has 98 valence electrons. The predicted molar refractivity (Wildman–Crippen MR) is 74.5 cm³/mol. The summed E-state index contributed by atoms with van der Waals surface area (Å²) in [6.07, 6.45) is 2.13. The molecule has 0 radical (unpaired) electrons. The van der Waals surface area contributed by atoms with Crippen LogP contribution in [0.25, 0.3) is 0 Å². The van der Waals surface area contributed by atoms with E-state index in [1.165, 1.54) is 5.56 Å². The third-order valence-corrected chi connectivity index (χ3v) is 3.25. The predicted octanol–water partition coefficient (Wildman–Crippen LogP) is 2.33. The Kier molecular flexibility index (Phi) is 2.95. The second-order valence-corrected chi connectivity index (χ2v) is 4.79. The van der Waals surface area contributed by atoms with E-state index in [0.717, 1.165) is 30.8 Å². The van der Waals surface area contributed by atoms with Gasteiger partial charge in [0, 0.05) is 29.6 Å². The number of nitrogens with zero attached hydrogens (tertiary/aromatic N) is 1. The molecular weight excluding hydrogens is 240 g/mol. The van der Waals surface area contributed by atoms with Gasteiger partial charge in [-0.3, -0.25) is 9.89 Å². The molecule has 0 bridgehead atoms. The van der Waals surface area contributed by atoms with E-state index in [9.17, 15) is 4.79 Å². The van der Waals surface area contributed by atoms with Crippen molar-refractivity contribution in [3.8, 4) is 0 Å². The van der Waals surface area contributed by atoms with Crippen LogP contribution in [0, 0.1) is 6.92 Å². The first kappa shape index (κ1) is 11.8. The van der Waals surface area contributed by atoms with Gasteiger partial charge in [-0.1, -0.05) is 0 Å². The fraction of sp³-hybridized carbons (Fsp3) is 0.286. The van der Waals surface area contributed by atoms with Gasteiger partial charge >= 0.3 is 0 Å². The molecule has 0 unspecified atom stereocenters. The van der Waals surface area contributed by atoms with Crippen LogP contribution in [0.4, 0.5) is 11.5 Å². The van der Waals surface area contributed by atoms with Crippen LogP contribution < -0.4 is 10.6 Å². The van der Waals surface area contributed by atoms with Gasteiger partial charge in [0.2, 0.25) is 0 Å². The van der Waals surface area contributed by atoms with E-state index < -0.39 is 0 Å². The summed E-state index contributed by atoms with van der Waals surface area (Å²) in [6.45, 7) is 2.90. The summed E-state index contributed by atoms with van der Waals surface area (Å²) in [5.74, 6) is 0.429. The molecule has 0 spiro atoms. The molecule has 0 fully saturated rings. The van der Waals surface area contributed by atoms with E-state index in [-0.39, 0.29) is 5.91 Å². The Labute approximate surface area is 111 Å². The lowest BCUT2D eigenvalue weighted by Gasteiger charge is -2.18. The molecule has 1 aliphatic heterocycles. The number of nitrogens with one attached hydrogen (secondary N) is 3. The maximum absolute atomic E-state index is 12.1. The highest BCUT2D eigenvalue weighted by atomic mass is 16.1. The number of aromatic nitrogens is 2. The Morgan fingerprint density at radius 1 is 1.37 bits per heavy atom. The number of rotatable bonds is 2. The van der Waals surface area contributed by atoms with Gasteiger partial charge in [0.25, 0.3) is 5.91 Å². The number of carbonyl (C=O) groups is 1. The van der Waals surface area contributed by atoms with Gasteiger partial charge in [0.15, 0.2) is 5.82 Å².